The summed E-state index contributed by atoms with van der Waals surface area (Å²) >= 11 is 0. The standard InChI is InChI=1S/C11H16N4O/c1-11(2)10(16)14-6-7-15(11)9-8(12)4-3-5-13-9/h3-5H,6-7,12H2,1-2H3,(H,14,16). The molecule has 2 rings (SSSR count). The van der Waals surface area contributed by atoms with Gasteiger partial charge in [-0.25, -0.2) is 4.98 Å². The minimum atomic E-state index is -0.610. The zero-order valence-electron chi connectivity index (χ0n) is 9.53. The molecule has 0 aliphatic carbocycles. The lowest BCUT2D eigenvalue weighted by atomic mass is 9.99. The molecule has 0 atom stereocenters. The fourth-order valence-electron chi connectivity index (χ4n) is 1.91. The third-order valence-electron chi connectivity index (χ3n) is 2.92. The van der Waals surface area contributed by atoms with Crippen LogP contribution in [0.4, 0.5) is 11.5 Å². The zero-order chi connectivity index (χ0) is 11.8. The molecule has 1 amide bonds. The van der Waals surface area contributed by atoms with Gasteiger partial charge in [0.2, 0.25) is 5.91 Å². The van der Waals surface area contributed by atoms with Crippen molar-refractivity contribution >= 4 is 17.4 Å². The molecule has 5 nitrogen and oxygen atoms in total. The normalized spacial score (nSPS) is 19.4. The van der Waals surface area contributed by atoms with E-state index >= 15 is 0 Å². The predicted molar refractivity (Wildman–Crippen MR) is 63.1 cm³/mol. The van der Waals surface area contributed by atoms with E-state index in [-0.39, 0.29) is 5.91 Å². The third kappa shape index (κ3) is 1.58. The molecule has 1 aliphatic rings. The maximum Gasteiger partial charge on any atom is 0.245 e. The van der Waals surface area contributed by atoms with Crippen LogP contribution in [0, 0.1) is 0 Å². The molecule has 2 heterocycles. The number of nitrogen functional groups attached to an aromatic ring is 1. The molecule has 1 saturated heterocycles. The summed E-state index contributed by atoms with van der Waals surface area (Å²) in [5, 5.41) is 2.84. The van der Waals surface area contributed by atoms with Gasteiger partial charge in [0.25, 0.3) is 0 Å². The number of rotatable bonds is 1. The van der Waals surface area contributed by atoms with Gasteiger partial charge in [-0.1, -0.05) is 0 Å². The van der Waals surface area contributed by atoms with Gasteiger partial charge < -0.3 is 16.0 Å². The quantitative estimate of drug-likeness (QED) is 0.717. The number of amides is 1. The van der Waals surface area contributed by atoms with E-state index in [1.165, 1.54) is 0 Å². The molecule has 86 valence electrons. The lowest BCUT2D eigenvalue weighted by Gasteiger charge is -2.42. The number of hydrogen-bond acceptors (Lipinski definition) is 4. The number of carbonyl (C=O) groups excluding carboxylic acids is 1. The highest BCUT2D eigenvalue weighted by molar-refractivity contribution is 5.91. The Kier molecular flexibility index (Phi) is 2.46. The van der Waals surface area contributed by atoms with Crippen LogP contribution in [0.15, 0.2) is 18.3 Å². The van der Waals surface area contributed by atoms with E-state index in [1.54, 1.807) is 18.3 Å². The number of piperazine rings is 1. The van der Waals surface area contributed by atoms with Crippen molar-refractivity contribution in [1.82, 2.24) is 10.3 Å². The molecule has 0 spiro atoms. The Morgan fingerprint density at radius 1 is 1.56 bits per heavy atom. The number of pyridine rings is 1. The van der Waals surface area contributed by atoms with Gasteiger partial charge in [0.05, 0.1) is 5.69 Å². The van der Waals surface area contributed by atoms with Crippen LogP contribution in [-0.2, 0) is 4.79 Å². The molecule has 0 unspecified atom stereocenters. The molecule has 5 heteroatoms. The van der Waals surface area contributed by atoms with Crippen molar-refractivity contribution in [1.29, 1.82) is 0 Å². The number of nitrogens with two attached hydrogens (primary N) is 1. The highest BCUT2D eigenvalue weighted by Gasteiger charge is 2.38. The monoisotopic (exact) mass is 220 g/mol. The van der Waals surface area contributed by atoms with E-state index in [0.29, 0.717) is 18.1 Å². The molecular formula is C11H16N4O. The van der Waals surface area contributed by atoms with E-state index in [0.717, 1.165) is 6.54 Å². The fraction of sp³-hybridized carbons (Fsp3) is 0.455. The summed E-state index contributed by atoms with van der Waals surface area (Å²) in [7, 11) is 0. The minimum absolute atomic E-state index is 0.00352. The van der Waals surface area contributed by atoms with Crippen molar-refractivity contribution in [2.24, 2.45) is 0 Å². The lowest BCUT2D eigenvalue weighted by Crippen LogP contribution is -2.62. The molecule has 1 fully saturated rings. The van der Waals surface area contributed by atoms with E-state index in [2.05, 4.69) is 10.3 Å². The largest absolute Gasteiger partial charge is 0.396 e. The Hall–Kier alpha value is -1.78. The van der Waals surface area contributed by atoms with E-state index in [4.69, 9.17) is 5.73 Å². The van der Waals surface area contributed by atoms with Crippen LogP contribution in [-0.4, -0.2) is 29.5 Å². The Morgan fingerprint density at radius 2 is 2.31 bits per heavy atom. The molecule has 0 saturated carbocycles. The number of nitrogens with one attached hydrogen (secondary N) is 1. The van der Waals surface area contributed by atoms with Crippen LogP contribution in [0.3, 0.4) is 0 Å². The summed E-state index contributed by atoms with van der Waals surface area (Å²) in [4.78, 5) is 18.0. The van der Waals surface area contributed by atoms with Crippen molar-refractivity contribution in [2.75, 3.05) is 23.7 Å². The Labute approximate surface area is 94.6 Å². The number of carbonyl (C=O) groups is 1. The highest BCUT2D eigenvalue weighted by Crippen LogP contribution is 2.28. The van der Waals surface area contributed by atoms with Crippen LogP contribution in [0.5, 0.6) is 0 Å². The van der Waals surface area contributed by atoms with Gasteiger partial charge in [0, 0.05) is 19.3 Å². The third-order valence-corrected chi connectivity index (χ3v) is 2.92. The Bertz CT molecular complexity index is 416. The molecule has 3 N–H and O–H groups in total. The van der Waals surface area contributed by atoms with Crippen molar-refractivity contribution in [3.05, 3.63) is 18.3 Å². The first-order chi connectivity index (χ1) is 7.53. The van der Waals surface area contributed by atoms with Gasteiger partial charge in [-0.2, -0.15) is 0 Å². The second-order valence-corrected chi connectivity index (χ2v) is 4.38. The van der Waals surface area contributed by atoms with Gasteiger partial charge in [0.1, 0.15) is 5.54 Å². The maximum atomic E-state index is 11.8. The number of hydrogen-bond donors (Lipinski definition) is 2. The second kappa shape index (κ2) is 3.66. The molecule has 0 bridgehead atoms. The number of anilines is 2. The summed E-state index contributed by atoms with van der Waals surface area (Å²) < 4.78 is 0. The lowest BCUT2D eigenvalue weighted by molar-refractivity contribution is -0.126. The SMILES string of the molecule is CC1(C)C(=O)NCCN1c1ncccc1N. The van der Waals surface area contributed by atoms with Gasteiger partial charge >= 0.3 is 0 Å². The highest BCUT2D eigenvalue weighted by atomic mass is 16.2. The van der Waals surface area contributed by atoms with Gasteiger partial charge in [-0.05, 0) is 26.0 Å². The Balaban J connectivity index is 2.40. The van der Waals surface area contributed by atoms with Gasteiger partial charge in [-0.3, -0.25) is 4.79 Å². The smallest absolute Gasteiger partial charge is 0.245 e. The van der Waals surface area contributed by atoms with Crippen molar-refractivity contribution in [3.8, 4) is 0 Å². The molecule has 0 radical (unpaired) electrons. The first-order valence-electron chi connectivity index (χ1n) is 5.30. The summed E-state index contributed by atoms with van der Waals surface area (Å²) in [6.45, 7) is 5.09. The van der Waals surface area contributed by atoms with E-state index < -0.39 is 5.54 Å². The van der Waals surface area contributed by atoms with E-state index in [9.17, 15) is 4.79 Å². The van der Waals surface area contributed by atoms with Gasteiger partial charge in [0.15, 0.2) is 5.82 Å². The van der Waals surface area contributed by atoms with Crippen LogP contribution < -0.4 is 16.0 Å². The summed E-state index contributed by atoms with van der Waals surface area (Å²) in [5.41, 5.74) is 5.87. The molecule has 1 aliphatic heterocycles. The molecule has 1 aromatic rings. The minimum Gasteiger partial charge on any atom is -0.396 e. The first kappa shape index (κ1) is 10.7. The van der Waals surface area contributed by atoms with Crippen molar-refractivity contribution in [2.45, 2.75) is 19.4 Å². The zero-order valence-corrected chi connectivity index (χ0v) is 9.53. The summed E-state index contributed by atoms with van der Waals surface area (Å²) in [6, 6.07) is 3.58. The van der Waals surface area contributed by atoms with E-state index in [1.807, 2.05) is 18.7 Å². The molecule has 0 aromatic carbocycles. The average molecular weight is 220 g/mol. The van der Waals surface area contributed by atoms with Crippen LogP contribution >= 0.6 is 0 Å². The molecular weight excluding hydrogens is 204 g/mol. The van der Waals surface area contributed by atoms with Gasteiger partial charge in [-0.15, -0.1) is 0 Å². The fourth-order valence-corrected chi connectivity index (χ4v) is 1.91. The van der Waals surface area contributed by atoms with Crippen molar-refractivity contribution < 1.29 is 4.79 Å². The maximum absolute atomic E-state index is 11.8. The summed E-state index contributed by atoms with van der Waals surface area (Å²) in [5.74, 6) is 0.686. The summed E-state index contributed by atoms with van der Waals surface area (Å²) in [6.07, 6.45) is 1.69. The molecule has 16 heavy (non-hydrogen) atoms. The first-order valence-corrected chi connectivity index (χ1v) is 5.30. The number of aromatic nitrogens is 1. The molecule has 1 aromatic heterocycles. The Morgan fingerprint density at radius 3 is 3.00 bits per heavy atom. The second-order valence-electron chi connectivity index (χ2n) is 4.38. The van der Waals surface area contributed by atoms with Crippen LogP contribution in [0.25, 0.3) is 0 Å². The number of nitrogens with zero attached hydrogens (tertiary/aromatic N) is 2. The predicted octanol–water partition coefficient (Wildman–Crippen LogP) is 0.379. The average Bonchev–Trinajstić information content (AvgIpc) is 2.24. The topological polar surface area (TPSA) is 71.2 Å². The van der Waals surface area contributed by atoms with Crippen LogP contribution in [0.1, 0.15) is 13.8 Å². The van der Waals surface area contributed by atoms with Crippen LogP contribution in [0.2, 0.25) is 0 Å². The van der Waals surface area contributed by atoms with Crippen molar-refractivity contribution in [3.63, 3.8) is 0 Å².